The normalized spacial score (nSPS) is 29.1. The molecule has 21 heavy (non-hydrogen) atoms. The molecular weight excluding hydrogens is 262 g/mol. The summed E-state index contributed by atoms with van der Waals surface area (Å²) in [6.07, 6.45) is 5.81. The molecule has 0 aromatic heterocycles. The Morgan fingerprint density at radius 2 is 2.10 bits per heavy atom. The first-order valence-corrected chi connectivity index (χ1v) is 8.97. The number of ether oxygens (including phenoxy) is 1. The van der Waals surface area contributed by atoms with E-state index in [1.165, 1.54) is 38.8 Å². The molecule has 0 aliphatic carbocycles. The van der Waals surface area contributed by atoms with Gasteiger partial charge in [-0.15, -0.1) is 0 Å². The van der Waals surface area contributed by atoms with Gasteiger partial charge in [-0.25, -0.2) is 0 Å². The van der Waals surface area contributed by atoms with Crippen LogP contribution in [-0.2, 0) is 4.74 Å². The number of piperidine rings is 1. The third-order valence-corrected chi connectivity index (χ3v) is 5.01. The van der Waals surface area contributed by atoms with Crippen molar-refractivity contribution in [3.05, 3.63) is 0 Å². The standard InChI is InChI=1S/C17H35N3O/c1-15(2)20-11-12-21-17(14-20)13-18-8-6-10-19-9-5-4-7-16(19)3/h15-18H,4-14H2,1-3H3. The summed E-state index contributed by atoms with van der Waals surface area (Å²) in [5.74, 6) is 0. The molecular formula is C17H35N3O. The summed E-state index contributed by atoms with van der Waals surface area (Å²) in [7, 11) is 0. The SMILES string of the molecule is CC(C)N1CCOC(CNCCCN2CCCCC2C)C1. The Labute approximate surface area is 131 Å². The number of hydrogen-bond acceptors (Lipinski definition) is 4. The van der Waals surface area contributed by atoms with E-state index >= 15 is 0 Å². The Morgan fingerprint density at radius 1 is 1.24 bits per heavy atom. The Balaban J connectivity index is 1.53. The van der Waals surface area contributed by atoms with Crippen molar-refractivity contribution in [2.75, 3.05) is 45.9 Å². The second-order valence-electron chi connectivity index (χ2n) is 7.02. The van der Waals surface area contributed by atoms with Crippen molar-refractivity contribution in [1.29, 1.82) is 0 Å². The summed E-state index contributed by atoms with van der Waals surface area (Å²) >= 11 is 0. The number of morpholine rings is 1. The number of nitrogens with one attached hydrogen (secondary N) is 1. The van der Waals surface area contributed by atoms with Crippen molar-refractivity contribution in [2.24, 2.45) is 0 Å². The molecule has 4 nitrogen and oxygen atoms in total. The van der Waals surface area contributed by atoms with E-state index in [1.807, 2.05) is 0 Å². The average molecular weight is 297 g/mol. The highest BCUT2D eigenvalue weighted by atomic mass is 16.5. The lowest BCUT2D eigenvalue weighted by atomic mass is 10.0. The van der Waals surface area contributed by atoms with Gasteiger partial charge in [-0.3, -0.25) is 4.90 Å². The van der Waals surface area contributed by atoms with E-state index in [-0.39, 0.29) is 0 Å². The van der Waals surface area contributed by atoms with Gasteiger partial charge >= 0.3 is 0 Å². The van der Waals surface area contributed by atoms with Crippen LogP contribution in [-0.4, -0.2) is 73.9 Å². The van der Waals surface area contributed by atoms with Crippen molar-refractivity contribution in [3.8, 4) is 0 Å². The van der Waals surface area contributed by atoms with E-state index in [4.69, 9.17) is 4.74 Å². The second kappa shape index (κ2) is 9.09. The topological polar surface area (TPSA) is 27.7 Å². The molecule has 0 spiro atoms. The first kappa shape index (κ1) is 17.2. The van der Waals surface area contributed by atoms with E-state index in [2.05, 4.69) is 35.9 Å². The largest absolute Gasteiger partial charge is 0.374 e. The number of likely N-dealkylation sites (tertiary alicyclic amines) is 1. The van der Waals surface area contributed by atoms with Gasteiger partial charge in [0.15, 0.2) is 0 Å². The first-order chi connectivity index (χ1) is 10.2. The highest BCUT2D eigenvalue weighted by molar-refractivity contribution is 4.76. The fourth-order valence-corrected chi connectivity index (χ4v) is 3.49. The third kappa shape index (κ3) is 5.85. The predicted octanol–water partition coefficient (Wildman–Crippen LogP) is 1.95. The van der Waals surface area contributed by atoms with Gasteiger partial charge in [0.1, 0.15) is 0 Å². The molecule has 0 aromatic rings. The minimum absolute atomic E-state index is 0.370. The van der Waals surface area contributed by atoms with E-state index in [0.717, 1.165) is 38.8 Å². The maximum atomic E-state index is 5.86. The van der Waals surface area contributed by atoms with Gasteiger partial charge in [0.05, 0.1) is 12.7 Å². The van der Waals surface area contributed by atoms with Gasteiger partial charge in [0.2, 0.25) is 0 Å². The molecule has 2 aliphatic rings. The van der Waals surface area contributed by atoms with Crippen LogP contribution in [0.4, 0.5) is 0 Å². The summed E-state index contributed by atoms with van der Waals surface area (Å²) in [4.78, 5) is 5.17. The minimum Gasteiger partial charge on any atom is -0.374 e. The van der Waals surface area contributed by atoms with E-state index < -0.39 is 0 Å². The molecule has 2 saturated heterocycles. The highest BCUT2D eigenvalue weighted by Crippen LogP contribution is 2.16. The molecule has 0 aromatic carbocycles. The lowest BCUT2D eigenvalue weighted by Gasteiger charge is -2.35. The second-order valence-corrected chi connectivity index (χ2v) is 7.02. The first-order valence-electron chi connectivity index (χ1n) is 8.97. The quantitative estimate of drug-likeness (QED) is 0.727. The summed E-state index contributed by atoms with van der Waals surface area (Å²) in [5, 5.41) is 3.59. The van der Waals surface area contributed by atoms with Crippen LogP contribution in [0, 0.1) is 0 Å². The molecule has 0 bridgehead atoms. The summed E-state index contributed by atoms with van der Waals surface area (Å²) in [6, 6.07) is 1.43. The number of nitrogens with zero attached hydrogens (tertiary/aromatic N) is 2. The van der Waals surface area contributed by atoms with Gasteiger partial charge in [-0.2, -0.15) is 0 Å². The van der Waals surface area contributed by atoms with Crippen molar-refractivity contribution >= 4 is 0 Å². The summed E-state index contributed by atoms with van der Waals surface area (Å²) < 4.78 is 5.86. The van der Waals surface area contributed by atoms with Gasteiger partial charge in [-0.1, -0.05) is 6.42 Å². The number of hydrogen-bond donors (Lipinski definition) is 1. The van der Waals surface area contributed by atoms with E-state index in [0.29, 0.717) is 12.1 Å². The summed E-state index contributed by atoms with van der Waals surface area (Å²) in [5.41, 5.74) is 0. The fourth-order valence-electron chi connectivity index (χ4n) is 3.49. The molecule has 1 N–H and O–H groups in total. The van der Waals surface area contributed by atoms with Crippen LogP contribution < -0.4 is 5.32 Å². The summed E-state index contributed by atoms with van der Waals surface area (Å²) in [6.45, 7) is 14.6. The molecule has 2 rings (SSSR count). The Hall–Kier alpha value is -0.160. The van der Waals surface area contributed by atoms with Crippen LogP contribution >= 0.6 is 0 Å². The number of rotatable bonds is 7. The highest BCUT2D eigenvalue weighted by Gasteiger charge is 2.22. The van der Waals surface area contributed by atoms with Gasteiger partial charge in [0, 0.05) is 31.7 Å². The maximum Gasteiger partial charge on any atom is 0.0826 e. The maximum absolute atomic E-state index is 5.86. The molecule has 0 amide bonds. The van der Waals surface area contributed by atoms with Crippen LogP contribution in [0.25, 0.3) is 0 Å². The molecule has 0 saturated carbocycles. The van der Waals surface area contributed by atoms with Crippen LogP contribution in [0.1, 0.15) is 46.5 Å². The molecule has 4 heteroatoms. The van der Waals surface area contributed by atoms with Crippen LogP contribution in [0.15, 0.2) is 0 Å². The van der Waals surface area contributed by atoms with E-state index in [1.54, 1.807) is 0 Å². The minimum atomic E-state index is 0.370. The molecule has 124 valence electrons. The molecule has 2 atom stereocenters. The third-order valence-electron chi connectivity index (χ3n) is 5.01. The lowest BCUT2D eigenvalue weighted by Crippen LogP contribution is -2.49. The Morgan fingerprint density at radius 3 is 2.86 bits per heavy atom. The van der Waals surface area contributed by atoms with Crippen LogP contribution in [0.5, 0.6) is 0 Å². The zero-order valence-electron chi connectivity index (χ0n) is 14.3. The van der Waals surface area contributed by atoms with Crippen molar-refractivity contribution in [1.82, 2.24) is 15.1 Å². The fraction of sp³-hybridized carbons (Fsp3) is 1.00. The smallest absolute Gasteiger partial charge is 0.0826 e. The van der Waals surface area contributed by atoms with Crippen molar-refractivity contribution < 1.29 is 4.74 Å². The predicted molar refractivity (Wildman–Crippen MR) is 88.8 cm³/mol. The Kier molecular flexibility index (Phi) is 7.44. The zero-order chi connectivity index (χ0) is 15.1. The van der Waals surface area contributed by atoms with Crippen molar-refractivity contribution in [2.45, 2.75) is 64.6 Å². The van der Waals surface area contributed by atoms with Crippen LogP contribution in [0.3, 0.4) is 0 Å². The van der Waals surface area contributed by atoms with Crippen molar-refractivity contribution in [3.63, 3.8) is 0 Å². The molecule has 2 unspecified atom stereocenters. The van der Waals surface area contributed by atoms with Gasteiger partial charge in [0.25, 0.3) is 0 Å². The average Bonchev–Trinajstić information content (AvgIpc) is 2.49. The van der Waals surface area contributed by atoms with Gasteiger partial charge < -0.3 is 15.0 Å². The molecule has 2 heterocycles. The molecule has 2 aliphatic heterocycles. The molecule has 2 fully saturated rings. The lowest BCUT2D eigenvalue weighted by molar-refractivity contribution is -0.0371. The zero-order valence-corrected chi connectivity index (χ0v) is 14.3. The van der Waals surface area contributed by atoms with Crippen LogP contribution in [0.2, 0.25) is 0 Å². The Bertz CT molecular complexity index is 285. The van der Waals surface area contributed by atoms with Gasteiger partial charge in [-0.05, 0) is 59.7 Å². The monoisotopic (exact) mass is 297 g/mol. The van der Waals surface area contributed by atoms with E-state index in [9.17, 15) is 0 Å². The molecule has 0 radical (unpaired) electrons.